The van der Waals surface area contributed by atoms with Gasteiger partial charge in [-0.25, -0.2) is 0 Å². The Morgan fingerprint density at radius 1 is 0.333 bits per heavy atom. The van der Waals surface area contributed by atoms with Gasteiger partial charge in [0.2, 0.25) is 0 Å². The first-order chi connectivity index (χ1) is 23.7. The van der Waals surface area contributed by atoms with Gasteiger partial charge < -0.3 is 0 Å². The predicted octanol–water partition coefficient (Wildman–Crippen LogP) is 10.8. The van der Waals surface area contributed by atoms with E-state index in [1.165, 1.54) is 0 Å². The molecule has 48 heavy (non-hydrogen) atoms. The molecular formula is C36H34N3O6P3. The molecule has 6 aromatic carbocycles. The summed E-state index contributed by atoms with van der Waals surface area (Å²) in [5.74, 6) is 3.00. The first kappa shape index (κ1) is 31.4. The minimum absolute atomic E-state index is 0.494. The molecule has 0 amide bonds. The summed E-state index contributed by atoms with van der Waals surface area (Å²) in [5, 5.41) is 7.75. The number of nitrogens with one attached hydrogen (secondary N) is 1. The first-order valence-corrected chi connectivity index (χ1v) is 22.7. The summed E-state index contributed by atoms with van der Waals surface area (Å²) in [6.07, 6.45) is 0. The van der Waals surface area contributed by atoms with Crippen LogP contribution in [-0.4, -0.2) is 0 Å². The van der Waals surface area contributed by atoms with Crippen LogP contribution in [0.5, 0.6) is 34.5 Å². The average Bonchev–Trinajstić information content (AvgIpc) is 3.13. The van der Waals surface area contributed by atoms with Crippen LogP contribution in [0.25, 0.3) is 0 Å². The number of benzene rings is 6. The van der Waals surface area contributed by atoms with Crippen molar-refractivity contribution in [1.82, 2.24) is 5.20 Å². The molecule has 0 spiro atoms. The van der Waals surface area contributed by atoms with E-state index in [0.717, 1.165) is 0 Å². The van der Waals surface area contributed by atoms with Crippen molar-refractivity contribution >= 4 is 22.2 Å². The summed E-state index contributed by atoms with van der Waals surface area (Å²) < 4.78 is 42.8. The van der Waals surface area contributed by atoms with Crippen LogP contribution in [0.15, 0.2) is 192 Å². The molecular weight excluding hydrogens is 663 g/mol. The molecule has 244 valence electrons. The Kier molecular flexibility index (Phi) is 9.35. The third-order valence-electron chi connectivity index (χ3n) is 7.25. The van der Waals surface area contributed by atoms with Gasteiger partial charge in [0.1, 0.15) is 0 Å². The molecule has 1 heterocycles. The second kappa shape index (κ2) is 14.3. The zero-order valence-corrected chi connectivity index (χ0v) is 28.7. The molecule has 1 N–H and O–H groups in total. The van der Waals surface area contributed by atoms with Gasteiger partial charge in [-0.2, -0.15) is 0 Å². The quantitative estimate of drug-likeness (QED) is 0.127. The molecule has 6 aromatic rings. The minimum atomic E-state index is -4.44. The van der Waals surface area contributed by atoms with E-state index < -0.39 is 22.2 Å². The van der Waals surface area contributed by atoms with E-state index in [9.17, 15) is 0 Å². The summed E-state index contributed by atoms with van der Waals surface area (Å²) in [5.41, 5.74) is 0. The summed E-state index contributed by atoms with van der Waals surface area (Å²) in [6, 6.07) is 56.2. The Morgan fingerprint density at radius 2 is 0.604 bits per heavy atom. The predicted molar refractivity (Wildman–Crippen MR) is 195 cm³/mol. The van der Waals surface area contributed by atoms with Crippen LogP contribution < -0.4 is 32.3 Å². The molecule has 12 heteroatoms. The molecule has 0 bridgehead atoms. The van der Waals surface area contributed by atoms with Crippen molar-refractivity contribution in [3.8, 4) is 34.5 Å². The molecule has 0 unspecified atom stereocenters. The fourth-order valence-electron chi connectivity index (χ4n) is 5.10. The van der Waals surface area contributed by atoms with Gasteiger partial charge in [-0.3, -0.25) is 0 Å². The molecule has 0 fully saturated rings. The van der Waals surface area contributed by atoms with Crippen LogP contribution in [0, 0.1) is 0 Å². The van der Waals surface area contributed by atoms with Crippen molar-refractivity contribution in [3.05, 3.63) is 182 Å². The van der Waals surface area contributed by atoms with Crippen LogP contribution in [0.3, 0.4) is 0 Å². The zero-order chi connectivity index (χ0) is 32.5. The zero-order valence-electron chi connectivity index (χ0n) is 25.7. The second-order valence-electron chi connectivity index (χ2n) is 10.6. The number of rotatable bonds is 12. The standard InChI is InChI=1S/C36H34N3O6P3/c1-7-19-31(20-8-1)40-46(41-32-21-9-2-10-22-32)38-37-39-47(42-33-23-11-3-12-24-33,43-34-25-13-4-14-26-34)48(46,44-35-27-15-5-16-28-35)45-36-29-17-6-18-30-36/h1-30,46-48H,(H,38,39). The number of hydrogen-bond acceptors (Lipinski definition) is 9. The van der Waals surface area contributed by atoms with Crippen molar-refractivity contribution in [2.75, 3.05) is 0 Å². The first-order valence-electron chi connectivity index (χ1n) is 15.3. The van der Waals surface area contributed by atoms with Gasteiger partial charge in [0.05, 0.1) is 0 Å². The molecule has 0 aliphatic carbocycles. The Bertz CT molecular complexity index is 1790. The van der Waals surface area contributed by atoms with Crippen LogP contribution >= 0.6 is 22.2 Å². The van der Waals surface area contributed by atoms with E-state index in [-0.39, 0.29) is 0 Å². The molecule has 0 atom stereocenters. The molecule has 0 radical (unpaired) electrons. The van der Waals surface area contributed by atoms with Gasteiger partial charge in [0, 0.05) is 0 Å². The van der Waals surface area contributed by atoms with Gasteiger partial charge in [0.25, 0.3) is 0 Å². The van der Waals surface area contributed by atoms with Gasteiger partial charge in [-0.05, 0) is 0 Å². The van der Waals surface area contributed by atoms with Crippen molar-refractivity contribution in [2.45, 2.75) is 0 Å². The van der Waals surface area contributed by atoms with E-state index in [1.807, 2.05) is 182 Å². The monoisotopic (exact) mass is 697 g/mol. The third kappa shape index (κ3) is 6.62. The molecule has 0 saturated carbocycles. The fraction of sp³-hybridized carbons (Fsp3) is 0. The van der Waals surface area contributed by atoms with Crippen molar-refractivity contribution < 1.29 is 27.1 Å². The normalized spacial score (nSPS) is 17.2. The van der Waals surface area contributed by atoms with Gasteiger partial charge in [0.15, 0.2) is 0 Å². The summed E-state index contributed by atoms with van der Waals surface area (Å²) in [6.45, 7) is 0. The summed E-state index contributed by atoms with van der Waals surface area (Å²) in [7, 11) is -13.0. The van der Waals surface area contributed by atoms with Crippen molar-refractivity contribution in [2.24, 2.45) is 10.1 Å². The SMILES string of the molecule is c1ccc(O[PH]2(Oc3ccccc3)N=NN[PH](Oc3ccccc3)(Oc3ccccc3)[PH]2(Oc2ccccc2)Oc2ccccc2)cc1. The maximum atomic E-state index is 7.29. The number of nitrogens with zero attached hydrogens (tertiary/aromatic N) is 2. The van der Waals surface area contributed by atoms with Gasteiger partial charge in [-0.1, -0.05) is 0 Å². The van der Waals surface area contributed by atoms with Crippen LogP contribution in [0.4, 0.5) is 0 Å². The molecule has 9 nitrogen and oxygen atoms in total. The molecule has 0 saturated heterocycles. The van der Waals surface area contributed by atoms with Gasteiger partial charge >= 0.3 is 281 Å². The Morgan fingerprint density at radius 3 is 0.917 bits per heavy atom. The molecule has 0 aromatic heterocycles. The van der Waals surface area contributed by atoms with Crippen LogP contribution in [-0.2, 0) is 0 Å². The Labute approximate surface area is 280 Å². The van der Waals surface area contributed by atoms with E-state index in [2.05, 4.69) is 10.4 Å². The Balaban J connectivity index is 1.55. The molecule has 1 aliphatic heterocycles. The average molecular weight is 698 g/mol. The summed E-state index contributed by atoms with van der Waals surface area (Å²) >= 11 is 0. The number of hydrogen-bond donors (Lipinski definition) is 1. The van der Waals surface area contributed by atoms with E-state index in [0.29, 0.717) is 34.5 Å². The van der Waals surface area contributed by atoms with Gasteiger partial charge in [-0.15, -0.1) is 0 Å². The molecule has 1 aliphatic rings. The number of para-hydroxylation sites is 6. The van der Waals surface area contributed by atoms with Crippen LogP contribution in [0.1, 0.15) is 0 Å². The topological polar surface area (TPSA) is 92.1 Å². The fourth-order valence-corrected chi connectivity index (χ4v) is 25.3. The van der Waals surface area contributed by atoms with E-state index in [4.69, 9.17) is 32.0 Å². The Hall–Kier alpha value is -5.19. The molecule has 7 rings (SSSR count). The van der Waals surface area contributed by atoms with Crippen LogP contribution in [0.2, 0.25) is 0 Å². The maximum absolute atomic E-state index is 7.29. The van der Waals surface area contributed by atoms with Crippen molar-refractivity contribution in [3.63, 3.8) is 0 Å². The van der Waals surface area contributed by atoms with Crippen molar-refractivity contribution in [1.29, 1.82) is 0 Å². The second-order valence-corrected chi connectivity index (χ2v) is 25.2. The van der Waals surface area contributed by atoms with E-state index >= 15 is 0 Å². The summed E-state index contributed by atoms with van der Waals surface area (Å²) in [4.78, 5) is 4.87. The van der Waals surface area contributed by atoms with E-state index in [1.54, 1.807) is 0 Å². The third-order valence-corrected chi connectivity index (χ3v) is 26.8.